The molecule has 1 aromatic heterocycles. The van der Waals surface area contributed by atoms with Crippen molar-refractivity contribution < 1.29 is 0 Å². The summed E-state index contributed by atoms with van der Waals surface area (Å²) in [6.45, 7) is 8.29. The summed E-state index contributed by atoms with van der Waals surface area (Å²) in [4.78, 5) is 6.61. The number of aromatic nitrogens is 1. The third-order valence-corrected chi connectivity index (χ3v) is 2.91. The zero-order valence-corrected chi connectivity index (χ0v) is 12.0. The van der Waals surface area contributed by atoms with Gasteiger partial charge in [0.2, 0.25) is 0 Å². The SMILES string of the molecule is C#CCN(CC)c1ccc(Cl)c(CNC(C)C)n1. The fourth-order valence-electron chi connectivity index (χ4n) is 1.54. The fraction of sp³-hybridized carbons (Fsp3) is 0.500. The molecule has 0 aliphatic carbocycles. The van der Waals surface area contributed by atoms with Crippen molar-refractivity contribution in [3.05, 3.63) is 22.8 Å². The van der Waals surface area contributed by atoms with E-state index in [1.54, 1.807) is 0 Å². The second-order valence-electron chi connectivity index (χ2n) is 4.35. The number of nitrogens with one attached hydrogen (secondary N) is 1. The molecule has 1 heterocycles. The molecule has 0 aliphatic heterocycles. The molecule has 0 aromatic carbocycles. The van der Waals surface area contributed by atoms with Crippen molar-refractivity contribution in [1.82, 2.24) is 10.3 Å². The van der Waals surface area contributed by atoms with Gasteiger partial charge in [0, 0.05) is 19.1 Å². The van der Waals surface area contributed by atoms with Gasteiger partial charge in [-0.2, -0.15) is 0 Å². The highest BCUT2D eigenvalue weighted by atomic mass is 35.5. The van der Waals surface area contributed by atoms with Crippen molar-refractivity contribution >= 4 is 17.4 Å². The molecule has 0 atom stereocenters. The van der Waals surface area contributed by atoms with E-state index in [2.05, 4.69) is 37.0 Å². The molecule has 0 aliphatic rings. The molecule has 1 rings (SSSR count). The highest BCUT2D eigenvalue weighted by molar-refractivity contribution is 6.31. The molecule has 0 saturated carbocycles. The topological polar surface area (TPSA) is 28.2 Å². The minimum atomic E-state index is 0.402. The number of hydrogen-bond acceptors (Lipinski definition) is 3. The lowest BCUT2D eigenvalue weighted by molar-refractivity contribution is 0.581. The van der Waals surface area contributed by atoms with Crippen LogP contribution in [0, 0.1) is 12.3 Å². The van der Waals surface area contributed by atoms with Crippen LogP contribution in [-0.2, 0) is 6.54 Å². The first-order valence-corrected chi connectivity index (χ1v) is 6.53. The predicted molar refractivity (Wildman–Crippen MR) is 77.9 cm³/mol. The zero-order chi connectivity index (χ0) is 13.5. The van der Waals surface area contributed by atoms with Crippen molar-refractivity contribution in [2.75, 3.05) is 18.0 Å². The lowest BCUT2D eigenvalue weighted by Crippen LogP contribution is -2.26. The van der Waals surface area contributed by atoms with Gasteiger partial charge in [0.1, 0.15) is 5.82 Å². The first-order valence-electron chi connectivity index (χ1n) is 6.15. The van der Waals surface area contributed by atoms with E-state index < -0.39 is 0 Å². The fourth-order valence-corrected chi connectivity index (χ4v) is 1.71. The zero-order valence-electron chi connectivity index (χ0n) is 11.2. The standard InChI is InChI=1S/C14H20ClN3/c1-5-9-18(6-2)14-8-7-12(15)13(17-14)10-16-11(3)4/h1,7-8,11,16H,6,9-10H2,2-4H3. The molecule has 0 amide bonds. The van der Waals surface area contributed by atoms with Gasteiger partial charge >= 0.3 is 0 Å². The molecule has 98 valence electrons. The second kappa shape index (κ2) is 7.25. The Bertz CT molecular complexity index is 424. The first-order chi connectivity index (χ1) is 8.58. The third kappa shape index (κ3) is 4.21. The Hall–Kier alpha value is -1.24. The monoisotopic (exact) mass is 265 g/mol. The average Bonchev–Trinajstić information content (AvgIpc) is 2.35. The van der Waals surface area contributed by atoms with Crippen LogP contribution < -0.4 is 10.2 Å². The van der Waals surface area contributed by atoms with Crippen LogP contribution >= 0.6 is 11.6 Å². The molecular formula is C14H20ClN3. The normalized spacial score (nSPS) is 10.4. The number of anilines is 1. The predicted octanol–water partition coefficient (Wildman–Crippen LogP) is 2.69. The van der Waals surface area contributed by atoms with E-state index in [1.807, 2.05) is 17.0 Å². The number of nitrogens with zero attached hydrogens (tertiary/aromatic N) is 2. The molecule has 0 spiro atoms. The number of halogens is 1. The molecule has 1 N–H and O–H groups in total. The highest BCUT2D eigenvalue weighted by Gasteiger charge is 2.09. The quantitative estimate of drug-likeness (QED) is 0.802. The van der Waals surface area contributed by atoms with Crippen LogP contribution in [0.2, 0.25) is 5.02 Å². The molecule has 3 nitrogen and oxygen atoms in total. The van der Waals surface area contributed by atoms with Crippen molar-refractivity contribution in [1.29, 1.82) is 0 Å². The lowest BCUT2D eigenvalue weighted by Gasteiger charge is -2.20. The molecule has 1 aromatic rings. The van der Waals surface area contributed by atoms with E-state index in [1.165, 1.54) is 0 Å². The van der Waals surface area contributed by atoms with E-state index in [9.17, 15) is 0 Å². The van der Waals surface area contributed by atoms with Gasteiger partial charge in [-0.05, 0) is 19.1 Å². The highest BCUT2D eigenvalue weighted by Crippen LogP contribution is 2.19. The van der Waals surface area contributed by atoms with Gasteiger partial charge in [-0.15, -0.1) is 6.42 Å². The Balaban J connectivity index is 2.88. The van der Waals surface area contributed by atoms with Crippen LogP contribution in [-0.4, -0.2) is 24.1 Å². The van der Waals surface area contributed by atoms with Crippen molar-refractivity contribution in [2.45, 2.75) is 33.4 Å². The van der Waals surface area contributed by atoms with Gasteiger partial charge in [0.25, 0.3) is 0 Å². The second-order valence-corrected chi connectivity index (χ2v) is 4.76. The van der Waals surface area contributed by atoms with Gasteiger partial charge in [-0.1, -0.05) is 31.4 Å². The van der Waals surface area contributed by atoms with E-state index in [-0.39, 0.29) is 0 Å². The van der Waals surface area contributed by atoms with Crippen molar-refractivity contribution in [3.8, 4) is 12.3 Å². The first kappa shape index (κ1) is 14.8. The summed E-state index contributed by atoms with van der Waals surface area (Å²) in [7, 11) is 0. The maximum Gasteiger partial charge on any atom is 0.129 e. The van der Waals surface area contributed by atoms with Gasteiger partial charge in [-0.3, -0.25) is 0 Å². The summed E-state index contributed by atoms with van der Waals surface area (Å²) >= 11 is 6.14. The molecule has 0 unspecified atom stereocenters. The number of terminal acetylenes is 1. The molecule has 18 heavy (non-hydrogen) atoms. The van der Waals surface area contributed by atoms with Crippen molar-refractivity contribution in [3.63, 3.8) is 0 Å². The summed E-state index contributed by atoms with van der Waals surface area (Å²) in [6.07, 6.45) is 5.35. The molecule has 0 bridgehead atoms. The Morgan fingerprint density at radius 3 is 2.78 bits per heavy atom. The van der Waals surface area contributed by atoms with Crippen LogP contribution in [0.3, 0.4) is 0 Å². The Kier molecular flexibility index (Phi) is 5.97. The minimum absolute atomic E-state index is 0.402. The molecule has 0 saturated heterocycles. The van der Waals surface area contributed by atoms with E-state index in [0.29, 0.717) is 24.2 Å². The summed E-state index contributed by atoms with van der Waals surface area (Å²) < 4.78 is 0. The van der Waals surface area contributed by atoms with Crippen LogP contribution in [0.4, 0.5) is 5.82 Å². The smallest absolute Gasteiger partial charge is 0.129 e. The summed E-state index contributed by atoms with van der Waals surface area (Å²) in [5.74, 6) is 3.51. The van der Waals surface area contributed by atoms with E-state index >= 15 is 0 Å². The molecule has 0 radical (unpaired) electrons. The van der Waals surface area contributed by atoms with E-state index in [0.717, 1.165) is 18.1 Å². The average molecular weight is 266 g/mol. The van der Waals surface area contributed by atoms with Gasteiger partial charge in [0.15, 0.2) is 0 Å². The molecular weight excluding hydrogens is 246 g/mol. The lowest BCUT2D eigenvalue weighted by atomic mass is 10.3. The summed E-state index contributed by atoms with van der Waals surface area (Å²) in [5, 5.41) is 4.00. The van der Waals surface area contributed by atoms with E-state index in [4.69, 9.17) is 18.0 Å². The van der Waals surface area contributed by atoms with Crippen LogP contribution in [0.1, 0.15) is 26.5 Å². The third-order valence-electron chi connectivity index (χ3n) is 2.57. The van der Waals surface area contributed by atoms with Crippen molar-refractivity contribution in [2.24, 2.45) is 0 Å². The summed E-state index contributed by atoms with van der Waals surface area (Å²) in [5.41, 5.74) is 0.860. The summed E-state index contributed by atoms with van der Waals surface area (Å²) in [6, 6.07) is 4.18. The largest absolute Gasteiger partial charge is 0.346 e. The number of pyridine rings is 1. The minimum Gasteiger partial charge on any atom is -0.346 e. The Labute approximate surface area is 115 Å². The van der Waals surface area contributed by atoms with Crippen LogP contribution in [0.5, 0.6) is 0 Å². The number of hydrogen-bond donors (Lipinski definition) is 1. The Morgan fingerprint density at radius 2 is 2.22 bits per heavy atom. The van der Waals surface area contributed by atoms with Gasteiger partial charge in [0.05, 0.1) is 17.3 Å². The van der Waals surface area contributed by atoms with Gasteiger partial charge < -0.3 is 10.2 Å². The number of rotatable bonds is 6. The molecule has 0 fully saturated rings. The van der Waals surface area contributed by atoms with Crippen LogP contribution in [0.25, 0.3) is 0 Å². The van der Waals surface area contributed by atoms with Crippen LogP contribution in [0.15, 0.2) is 12.1 Å². The molecule has 4 heteroatoms. The van der Waals surface area contributed by atoms with Gasteiger partial charge in [-0.25, -0.2) is 4.98 Å². The maximum atomic E-state index is 6.14. The Morgan fingerprint density at radius 1 is 1.50 bits per heavy atom. The maximum absolute atomic E-state index is 6.14.